The normalized spacial score (nSPS) is 18.8. The summed E-state index contributed by atoms with van der Waals surface area (Å²) in [4.78, 5) is 11.4. The van der Waals surface area contributed by atoms with Gasteiger partial charge in [-0.2, -0.15) is 12.7 Å². The second-order valence-corrected chi connectivity index (χ2v) is 6.21. The van der Waals surface area contributed by atoms with Crippen LogP contribution in [0, 0.1) is 5.92 Å². The first-order valence-corrected chi connectivity index (χ1v) is 7.89. The quantitative estimate of drug-likeness (QED) is 0.443. The number of carbonyl (C=O) groups is 1. The number of rotatable bonds is 6. The molecule has 0 saturated carbocycles. The van der Waals surface area contributed by atoms with Crippen LogP contribution in [0.4, 0.5) is 0 Å². The van der Waals surface area contributed by atoms with Crippen LogP contribution in [-0.2, 0) is 19.7 Å². The number of carbonyl (C=O) groups excluding carboxylic acids is 1. The first-order valence-electron chi connectivity index (χ1n) is 6.45. The standard InChI is InChI=1S/C12H22N2O4S/c1-3-4-5-8-13-19(16,17)14-9-6-11(7-10-14)12(15)18-2/h3-4,11,13H,5-10H2,1-2H3/b4-3+. The van der Waals surface area contributed by atoms with E-state index in [-0.39, 0.29) is 11.9 Å². The summed E-state index contributed by atoms with van der Waals surface area (Å²) in [6.45, 7) is 3.01. The largest absolute Gasteiger partial charge is 0.469 e. The molecule has 1 saturated heterocycles. The molecule has 0 unspecified atom stereocenters. The summed E-state index contributed by atoms with van der Waals surface area (Å²) in [6.07, 6.45) is 5.50. The van der Waals surface area contributed by atoms with Crippen LogP contribution in [0.15, 0.2) is 12.2 Å². The lowest BCUT2D eigenvalue weighted by Crippen LogP contribution is -2.46. The molecule has 110 valence electrons. The van der Waals surface area contributed by atoms with E-state index in [9.17, 15) is 13.2 Å². The van der Waals surface area contributed by atoms with E-state index in [4.69, 9.17) is 0 Å². The number of esters is 1. The molecule has 0 amide bonds. The van der Waals surface area contributed by atoms with E-state index in [0.29, 0.717) is 38.9 Å². The predicted octanol–water partition coefficient (Wildman–Crippen LogP) is 0.672. The van der Waals surface area contributed by atoms with Crippen molar-refractivity contribution in [3.05, 3.63) is 12.2 Å². The summed E-state index contributed by atoms with van der Waals surface area (Å²) in [5.41, 5.74) is 0. The number of piperidine rings is 1. The van der Waals surface area contributed by atoms with E-state index in [1.54, 1.807) is 0 Å². The second kappa shape index (κ2) is 7.62. The number of nitrogens with zero attached hydrogens (tertiary/aromatic N) is 1. The topological polar surface area (TPSA) is 75.7 Å². The predicted molar refractivity (Wildman–Crippen MR) is 72.7 cm³/mol. The summed E-state index contributed by atoms with van der Waals surface area (Å²) in [5, 5.41) is 0. The Labute approximate surface area is 115 Å². The molecule has 0 aromatic heterocycles. The molecule has 6 nitrogen and oxygen atoms in total. The molecule has 0 radical (unpaired) electrons. The van der Waals surface area contributed by atoms with Crippen molar-refractivity contribution in [3.8, 4) is 0 Å². The summed E-state index contributed by atoms with van der Waals surface area (Å²) in [5.74, 6) is -0.433. The van der Waals surface area contributed by atoms with Crippen molar-refractivity contribution in [1.82, 2.24) is 9.03 Å². The van der Waals surface area contributed by atoms with E-state index >= 15 is 0 Å². The summed E-state index contributed by atoms with van der Waals surface area (Å²) in [7, 11) is -2.07. The van der Waals surface area contributed by atoms with E-state index in [1.165, 1.54) is 11.4 Å². The Bertz CT molecular complexity index is 411. The van der Waals surface area contributed by atoms with E-state index < -0.39 is 10.2 Å². The van der Waals surface area contributed by atoms with Gasteiger partial charge >= 0.3 is 5.97 Å². The third-order valence-corrected chi connectivity index (χ3v) is 4.77. The highest BCUT2D eigenvalue weighted by Gasteiger charge is 2.31. The Morgan fingerprint density at radius 1 is 1.42 bits per heavy atom. The molecule has 0 bridgehead atoms. The van der Waals surface area contributed by atoms with Crippen LogP contribution in [-0.4, -0.2) is 45.4 Å². The molecule has 1 N–H and O–H groups in total. The smallest absolute Gasteiger partial charge is 0.308 e. The van der Waals surface area contributed by atoms with Gasteiger partial charge in [-0.05, 0) is 26.2 Å². The van der Waals surface area contributed by atoms with Crippen LogP contribution in [0.5, 0.6) is 0 Å². The Hall–Kier alpha value is -0.920. The number of methoxy groups -OCH3 is 1. The third kappa shape index (κ3) is 4.93. The minimum atomic E-state index is -3.42. The van der Waals surface area contributed by atoms with E-state index in [0.717, 1.165) is 0 Å². The van der Waals surface area contributed by atoms with E-state index in [1.807, 2.05) is 19.1 Å². The molecule has 19 heavy (non-hydrogen) atoms. The molecule has 1 aliphatic rings. The zero-order valence-corrected chi connectivity index (χ0v) is 12.3. The third-order valence-electron chi connectivity index (χ3n) is 3.16. The van der Waals surface area contributed by atoms with Crippen LogP contribution in [0.25, 0.3) is 0 Å². The lowest BCUT2D eigenvalue weighted by Gasteiger charge is -2.29. The van der Waals surface area contributed by atoms with Gasteiger partial charge in [0.05, 0.1) is 13.0 Å². The summed E-state index contributed by atoms with van der Waals surface area (Å²) >= 11 is 0. The number of nitrogens with one attached hydrogen (secondary N) is 1. The lowest BCUT2D eigenvalue weighted by molar-refractivity contribution is -0.146. The molecule has 1 fully saturated rings. The van der Waals surface area contributed by atoms with Gasteiger partial charge in [0.1, 0.15) is 0 Å². The maximum Gasteiger partial charge on any atom is 0.308 e. The van der Waals surface area contributed by atoms with Gasteiger partial charge in [0.15, 0.2) is 0 Å². The number of ether oxygens (including phenoxy) is 1. The monoisotopic (exact) mass is 290 g/mol. The van der Waals surface area contributed by atoms with Gasteiger partial charge in [-0.15, -0.1) is 0 Å². The lowest BCUT2D eigenvalue weighted by atomic mass is 9.99. The van der Waals surface area contributed by atoms with Crippen molar-refractivity contribution >= 4 is 16.2 Å². The fourth-order valence-corrected chi connectivity index (χ4v) is 3.28. The zero-order chi connectivity index (χ0) is 14.3. The van der Waals surface area contributed by atoms with Crippen molar-refractivity contribution in [2.24, 2.45) is 5.92 Å². The molecule has 1 rings (SSSR count). The highest BCUT2D eigenvalue weighted by atomic mass is 32.2. The fourth-order valence-electron chi connectivity index (χ4n) is 2.03. The highest BCUT2D eigenvalue weighted by Crippen LogP contribution is 2.20. The summed E-state index contributed by atoms with van der Waals surface area (Å²) < 4.78 is 32.6. The molecule has 0 spiro atoms. The highest BCUT2D eigenvalue weighted by molar-refractivity contribution is 7.87. The summed E-state index contributed by atoms with van der Waals surface area (Å²) in [6, 6.07) is 0. The maximum atomic E-state index is 12.0. The zero-order valence-electron chi connectivity index (χ0n) is 11.5. The molecule has 0 aromatic carbocycles. The average Bonchev–Trinajstić information content (AvgIpc) is 2.43. The van der Waals surface area contributed by atoms with Gasteiger partial charge in [0, 0.05) is 19.6 Å². The number of allylic oxidation sites excluding steroid dienone is 1. The van der Waals surface area contributed by atoms with Gasteiger partial charge in [0.25, 0.3) is 10.2 Å². The van der Waals surface area contributed by atoms with Crippen LogP contribution in [0.2, 0.25) is 0 Å². The van der Waals surface area contributed by atoms with Crippen LogP contribution in [0.3, 0.4) is 0 Å². The van der Waals surface area contributed by atoms with Crippen molar-refractivity contribution in [2.45, 2.75) is 26.2 Å². The molecule has 7 heteroatoms. The van der Waals surface area contributed by atoms with Gasteiger partial charge in [-0.25, -0.2) is 4.72 Å². The minimum Gasteiger partial charge on any atom is -0.469 e. The Morgan fingerprint density at radius 3 is 2.58 bits per heavy atom. The Kier molecular flexibility index (Phi) is 6.47. The van der Waals surface area contributed by atoms with Crippen molar-refractivity contribution in [1.29, 1.82) is 0 Å². The SMILES string of the molecule is C/C=C/CCNS(=O)(=O)N1CCC(C(=O)OC)CC1. The van der Waals surface area contributed by atoms with Crippen LogP contribution >= 0.6 is 0 Å². The van der Waals surface area contributed by atoms with Crippen molar-refractivity contribution in [3.63, 3.8) is 0 Å². The Balaban J connectivity index is 2.43. The molecule has 1 aliphatic heterocycles. The first kappa shape index (κ1) is 16.1. The van der Waals surface area contributed by atoms with Gasteiger partial charge < -0.3 is 4.74 Å². The Morgan fingerprint density at radius 2 is 2.05 bits per heavy atom. The van der Waals surface area contributed by atoms with Gasteiger partial charge in [0.2, 0.25) is 0 Å². The molecule has 1 heterocycles. The molecular formula is C12H22N2O4S. The van der Waals surface area contributed by atoms with Gasteiger partial charge in [-0.3, -0.25) is 4.79 Å². The average molecular weight is 290 g/mol. The number of hydrogen-bond donors (Lipinski definition) is 1. The first-order chi connectivity index (χ1) is 9.01. The van der Waals surface area contributed by atoms with Crippen molar-refractivity contribution < 1.29 is 17.9 Å². The maximum absolute atomic E-state index is 12.0. The minimum absolute atomic E-state index is 0.181. The van der Waals surface area contributed by atoms with Gasteiger partial charge in [-0.1, -0.05) is 12.2 Å². The molecule has 0 atom stereocenters. The molecule has 0 aliphatic carbocycles. The van der Waals surface area contributed by atoms with Crippen LogP contribution in [0.1, 0.15) is 26.2 Å². The van der Waals surface area contributed by atoms with E-state index in [2.05, 4.69) is 9.46 Å². The number of hydrogen-bond acceptors (Lipinski definition) is 4. The fraction of sp³-hybridized carbons (Fsp3) is 0.750. The van der Waals surface area contributed by atoms with Crippen molar-refractivity contribution in [2.75, 3.05) is 26.7 Å². The van der Waals surface area contributed by atoms with Crippen LogP contribution < -0.4 is 4.72 Å². The molecule has 0 aromatic rings. The second-order valence-electron chi connectivity index (χ2n) is 4.45. The molecular weight excluding hydrogens is 268 g/mol.